The predicted molar refractivity (Wildman–Crippen MR) is 117 cm³/mol. The Morgan fingerprint density at radius 3 is 2.24 bits per heavy atom. The van der Waals surface area contributed by atoms with E-state index in [-0.39, 0.29) is 48.3 Å². The molecule has 8 heteroatoms. The number of ether oxygens (including phenoxy) is 1. The van der Waals surface area contributed by atoms with Crippen molar-refractivity contribution in [3.8, 4) is 5.75 Å². The number of nitrogens with zero attached hydrogens (tertiary/aromatic N) is 2. The van der Waals surface area contributed by atoms with Gasteiger partial charge in [0.1, 0.15) is 11.6 Å². The maximum absolute atomic E-state index is 13.2. The summed E-state index contributed by atoms with van der Waals surface area (Å²) in [6.07, 6.45) is 3.32. The van der Waals surface area contributed by atoms with Crippen LogP contribution in [-0.4, -0.2) is 30.2 Å². The Labute approximate surface area is 190 Å². The van der Waals surface area contributed by atoms with Crippen LogP contribution in [0.3, 0.4) is 0 Å². The van der Waals surface area contributed by atoms with Crippen molar-refractivity contribution in [3.63, 3.8) is 0 Å². The standard InChI is InChI=1S/C25H23FN2O5/c26-16-8-10-17(11-9-16)27-14-15(12-22(27)29)25(32)33-19-5-3-4-18(13-19)28-23(30)20-6-1-2-7-21(20)24(28)31/h3-5,8-11,13,15,20-21H,1-2,6-7,12,14H2/t15-,20-,21+/m1/s1. The zero-order valence-corrected chi connectivity index (χ0v) is 17.9. The second-order valence-electron chi connectivity index (χ2n) is 8.81. The molecule has 3 fully saturated rings. The van der Waals surface area contributed by atoms with E-state index < -0.39 is 17.7 Å². The van der Waals surface area contributed by atoms with Crippen molar-refractivity contribution in [2.45, 2.75) is 32.1 Å². The average molecular weight is 450 g/mol. The van der Waals surface area contributed by atoms with E-state index in [2.05, 4.69) is 0 Å². The third kappa shape index (κ3) is 3.90. The lowest BCUT2D eigenvalue weighted by atomic mass is 9.81. The summed E-state index contributed by atoms with van der Waals surface area (Å²) in [7, 11) is 0. The maximum atomic E-state index is 13.2. The van der Waals surface area contributed by atoms with Gasteiger partial charge in [-0.05, 0) is 49.2 Å². The van der Waals surface area contributed by atoms with E-state index in [1.807, 2.05) is 0 Å². The predicted octanol–water partition coefficient (Wildman–Crippen LogP) is 3.46. The number of halogens is 1. The van der Waals surface area contributed by atoms with E-state index in [1.165, 1.54) is 40.1 Å². The van der Waals surface area contributed by atoms with Gasteiger partial charge in [-0.3, -0.25) is 19.2 Å². The highest BCUT2D eigenvalue weighted by Crippen LogP contribution is 2.40. The number of hydrogen-bond acceptors (Lipinski definition) is 5. The third-order valence-corrected chi connectivity index (χ3v) is 6.73. The molecule has 7 nitrogen and oxygen atoms in total. The summed E-state index contributed by atoms with van der Waals surface area (Å²) in [4.78, 5) is 53.5. The second-order valence-corrected chi connectivity index (χ2v) is 8.81. The molecule has 170 valence electrons. The van der Waals surface area contributed by atoms with Crippen LogP contribution in [0.5, 0.6) is 5.75 Å². The van der Waals surface area contributed by atoms with Gasteiger partial charge < -0.3 is 9.64 Å². The van der Waals surface area contributed by atoms with Crippen molar-refractivity contribution in [2.24, 2.45) is 17.8 Å². The highest BCUT2D eigenvalue weighted by Gasteiger charge is 2.48. The van der Waals surface area contributed by atoms with Crippen LogP contribution in [0.25, 0.3) is 0 Å². The Balaban J connectivity index is 1.29. The lowest BCUT2D eigenvalue weighted by Crippen LogP contribution is -2.31. The molecule has 2 aromatic rings. The number of fused-ring (bicyclic) bond motifs is 1. The number of rotatable bonds is 4. The summed E-state index contributed by atoms with van der Waals surface area (Å²) in [5.74, 6) is -2.60. The Kier molecular flexibility index (Phi) is 5.44. The Morgan fingerprint density at radius 2 is 1.58 bits per heavy atom. The van der Waals surface area contributed by atoms with Crippen LogP contribution in [0, 0.1) is 23.6 Å². The number of hydrogen-bond donors (Lipinski definition) is 0. The summed E-state index contributed by atoms with van der Waals surface area (Å²) >= 11 is 0. The maximum Gasteiger partial charge on any atom is 0.316 e. The first-order valence-electron chi connectivity index (χ1n) is 11.2. The SMILES string of the molecule is O=C(Oc1cccc(N2C(=O)[C@H]3CCCC[C@H]3C2=O)c1)[C@@H]1CC(=O)N(c2ccc(F)cc2)C1. The molecule has 1 aliphatic carbocycles. The quantitative estimate of drug-likeness (QED) is 0.405. The molecule has 0 unspecified atom stereocenters. The highest BCUT2D eigenvalue weighted by atomic mass is 19.1. The molecule has 0 radical (unpaired) electrons. The molecular formula is C25H23FN2O5. The molecular weight excluding hydrogens is 427 g/mol. The lowest BCUT2D eigenvalue weighted by Gasteiger charge is -2.19. The van der Waals surface area contributed by atoms with E-state index in [0.29, 0.717) is 11.4 Å². The monoisotopic (exact) mass is 450 g/mol. The van der Waals surface area contributed by atoms with Crippen molar-refractivity contribution in [2.75, 3.05) is 16.3 Å². The van der Waals surface area contributed by atoms with Gasteiger partial charge in [0, 0.05) is 24.7 Å². The van der Waals surface area contributed by atoms with E-state index in [1.54, 1.807) is 18.2 Å². The summed E-state index contributed by atoms with van der Waals surface area (Å²) in [5.41, 5.74) is 0.909. The van der Waals surface area contributed by atoms with Crippen molar-refractivity contribution in [1.29, 1.82) is 0 Å². The molecule has 2 aliphatic heterocycles. The summed E-state index contributed by atoms with van der Waals surface area (Å²) in [6, 6.07) is 11.9. The van der Waals surface area contributed by atoms with Gasteiger partial charge in [0.25, 0.3) is 0 Å². The van der Waals surface area contributed by atoms with Crippen LogP contribution >= 0.6 is 0 Å². The fourth-order valence-corrected chi connectivity index (χ4v) is 5.04. The van der Waals surface area contributed by atoms with Crippen molar-refractivity contribution in [3.05, 3.63) is 54.3 Å². The Bertz CT molecular complexity index is 1110. The van der Waals surface area contributed by atoms with Gasteiger partial charge in [-0.25, -0.2) is 9.29 Å². The molecule has 33 heavy (non-hydrogen) atoms. The fourth-order valence-electron chi connectivity index (χ4n) is 5.04. The number of amides is 3. The smallest absolute Gasteiger partial charge is 0.316 e. The number of carbonyl (C=O) groups excluding carboxylic acids is 4. The molecule has 3 atom stereocenters. The lowest BCUT2D eigenvalue weighted by molar-refractivity contribution is -0.139. The molecule has 2 saturated heterocycles. The van der Waals surface area contributed by atoms with E-state index in [0.717, 1.165) is 25.7 Å². The van der Waals surface area contributed by atoms with E-state index >= 15 is 0 Å². The van der Waals surface area contributed by atoms with Gasteiger partial charge in [0.15, 0.2) is 0 Å². The number of esters is 1. The summed E-state index contributed by atoms with van der Waals surface area (Å²) < 4.78 is 18.7. The highest BCUT2D eigenvalue weighted by molar-refractivity contribution is 6.22. The van der Waals surface area contributed by atoms with Crippen molar-refractivity contribution in [1.82, 2.24) is 0 Å². The summed E-state index contributed by atoms with van der Waals surface area (Å²) in [5, 5.41) is 0. The minimum atomic E-state index is -0.677. The molecule has 0 N–H and O–H groups in total. The molecule has 2 heterocycles. The second kappa shape index (κ2) is 8.42. The van der Waals surface area contributed by atoms with Gasteiger partial charge in [0.05, 0.1) is 23.4 Å². The van der Waals surface area contributed by atoms with Gasteiger partial charge in [-0.1, -0.05) is 18.9 Å². The van der Waals surface area contributed by atoms with Gasteiger partial charge in [-0.15, -0.1) is 0 Å². The molecule has 0 spiro atoms. The topological polar surface area (TPSA) is 84.0 Å². The number of imide groups is 1. The fraction of sp³-hybridized carbons (Fsp3) is 0.360. The van der Waals surface area contributed by atoms with Gasteiger partial charge in [0.2, 0.25) is 17.7 Å². The Hall–Kier alpha value is -3.55. The van der Waals surface area contributed by atoms with Crippen LogP contribution in [0.15, 0.2) is 48.5 Å². The van der Waals surface area contributed by atoms with Crippen molar-refractivity contribution < 1.29 is 28.3 Å². The molecule has 2 aromatic carbocycles. The molecule has 5 rings (SSSR count). The number of anilines is 2. The molecule has 0 aromatic heterocycles. The molecule has 3 amide bonds. The van der Waals surface area contributed by atoms with Crippen LogP contribution in [-0.2, 0) is 19.2 Å². The van der Waals surface area contributed by atoms with Crippen LogP contribution < -0.4 is 14.5 Å². The van der Waals surface area contributed by atoms with Gasteiger partial charge in [-0.2, -0.15) is 0 Å². The van der Waals surface area contributed by atoms with Gasteiger partial charge >= 0.3 is 5.97 Å². The minimum absolute atomic E-state index is 0.0116. The normalized spacial score (nSPS) is 24.9. The largest absolute Gasteiger partial charge is 0.426 e. The molecule has 1 saturated carbocycles. The zero-order valence-electron chi connectivity index (χ0n) is 17.9. The first kappa shape index (κ1) is 21.3. The Morgan fingerprint density at radius 1 is 0.909 bits per heavy atom. The van der Waals surface area contributed by atoms with Crippen LogP contribution in [0.2, 0.25) is 0 Å². The zero-order chi connectivity index (χ0) is 23.1. The first-order chi connectivity index (χ1) is 15.9. The third-order valence-electron chi connectivity index (χ3n) is 6.73. The van der Waals surface area contributed by atoms with Crippen LogP contribution in [0.4, 0.5) is 15.8 Å². The van der Waals surface area contributed by atoms with Crippen molar-refractivity contribution >= 4 is 35.1 Å². The molecule has 3 aliphatic rings. The average Bonchev–Trinajstić information content (AvgIpc) is 3.32. The number of benzene rings is 2. The first-order valence-corrected chi connectivity index (χ1v) is 11.2. The van der Waals surface area contributed by atoms with Crippen LogP contribution in [0.1, 0.15) is 32.1 Å². The molecule has 0 bridgehead atoms. The minimum Gasteiger partial charge on any atom is -0.426 e. The number of carbonyl (C=O) groups is 4. The summed E-state index contributed by atoms with van der Waals surface area (Å²) in [6.45, 7) is 0.134. The van der Waals surface area contributed by atoms with E-state index in [9.17, 15) is 23.6 Å². The van der Waals surface area contributed by atoms with E-state index in [4.69, 9.17) is 4.74 Å².